The molecule has 3 aromatic rings. The number of aliphatic hydroxyl groups excluding tert-OH is 1. The first-order valence-corrected chi connectivity index (χ1v) is 9.84. The SMILES string of the molecule is Cc1cccc(N2C(=O)C(O)=C(C(=O)c3cccs3)C2c2ccccc2C)c1. The van der Waals surface area contributed by atoms with Crippen molar-refractivity contribution in [3.8, 4) is 0 Å². The molecule has 0 aliphatic carbocycles. The van der Waals surface area contributed by atoms with E-state index in [4.69, 9.17) is 0 Å². The van der Waals surface area contributed by atoms with Crippen LogP contribution < -0.4 is 4.90 Å². The van der Waals surface area contributed by atoms with Crippen molar-refractivity contribution in [2.24, 2.45) is 0 Å². The number of hydrogen-bond acceptors (Lipinski definition) is 4. The first-order valence-electron chi connectivity index (χ1n) is 8.96. The lowest BCUT2D eigenvalue weighted by Crippen LogP contribution is -2.31. The van der Waals surface area contributed by atoms with Gasteiger partial charge in [-0.3, -0.25) is 14.5 Å². The average Bonchev–Trinajstić information content (AvgIpc) is 3.30. The van der Waals surface area contributed by atoms with Gasteiger partial charge in [-0.2, -0.15) is 0 Å². The molecule has 1 atom stereocenters. The lowest BCUT2D eigenvalue weighted by molar-refractivity contribution is -0.117. The van der Waals surface area contributed by atoms with Crippen molar-refractivity contribution in [1.82, 2.24) is 0 Å². The summed E-state index contributed by atoms with van der Waals surface area (Å²) in [4.78, 5) is 28.3. The molecule has 1 amide bonds. The summed E-state index contributed by atoms with van der Waals surface area (Å²) in [6.45, 7) is 3.88. The Labute approximate surface area is 167 Å². The largest absolute Gasteiger partial charge is 0.503 e. The molecule has 2 aromatic carbocycles. The summed E-state index contributed by atoms with van der Waals surface area (Å²) >= 11 is 1.30. The minimum Gasteiger partial charge on any atom is -0.503 e. The average molecular weight is 389 g/mol. The molecular formula is C23H19NO3S. The van der Waals surface area contributed by atoms with Gasteiger partial charge < -0.3 is 5.11 Å². The standard InChI is InChI=1S/C23H19NO3S/c1-14-7-5-9-16(13-14)24-20(17-10-4-3-8-15(17)2)19(22(26)23(24)27)21(25)18-11-6-12-28-18/h3-13,20,26H,1-2H3. The van der Waals surface area contributed by atoms with Gasteiger partial charge in [-0.05, 0) is 54.1 Å². The third-order valence-electron chi connectivity index (χ3n) is 4.96. The zero-order valence-corrected chi connectivity index (χ0v) is 16.4. The van der Waals surface area contributed by atoms with Crippen LogP contribution in [0.1, 0.15) is 32.4 Å². The molecule has 4 rings (SSSR count). The summed E-state index contributed by atoms with van der Waals surface area (Å²) in [6, 6.07) is 18.0. The number of nitrogens with zero attached hydrogens (tertiary/aromatic N) is 1. The molecule has 28 heavy (non-hydrogen) atoms. The molecular weight excluding hydrogens is 370 g/mol. The van der Waals surface area contributed by atoms with Crippen LogP contribution in [0, 0.1) is 13.8 Å². The van der Waals surface area contributed by atoms with E-state index in [2.05, 4.69) is 0 Å². The molecule has 2 heterocycles. The molecule has 0 spiro atoms. The summed E-state index contributed by atoms with van der Waals surface area (Å²) in [5.74, 6) is -1.35. The van der Waals surface area contributed by atoms with E-state index < -0.39 is 17.7 Å². The molecule has 0 bridgehead atoms. The molecule has 1 aliphatic rings. The number of carbonyl (C=O) groups excluding carboxylic acids is 2. The molecule has 0 saturated carbocycles. The van der Waals surface area contributed by atoms with E-state index in [-0.39, 0.29) is 11.4 Å². The van der Waals surface area contributed by atoms with Gasteiger partial charge >= 0.3 is 0 Å². The smallest absolute Gasteiger partial charge is 0.294 e. The first kappa shape index (κ1) is 18.2. The van der Waals surface area contributed by atoms with Crippen LogP contribution in [0.25, 0.3) is 0 Å². The van der Waals surface area contributed by atoms with Crippen molar-refractivity contribution in [2.45, 2.75) is 19.9 Å². The highest BCUT2D eigenvalue weighted by Crippen LogP contribution is 2.43. The van der Waals surface area contributed by atoms with Crippen LogP contribution in [-0.4, -0.2) is 16.8 Å². The van der Waals surface area contributed by atoms with Crippen molar-refractivity contribution in [1.29, 1.82) is 0 Å². The number of aryl methyl sites for hydroxylation is 2. The molecule has 140 valence electrons. The van der Waals surface area contributed by atoms with Gasteiger partial charge in [0.2, 0.25) is 5.78 Å². The van der Waals surface area contributed by atoms with Crippen LogP contribution in [0.5, 0.6) is 0 Å². The number of Topliss-reactive ketones (excluding diaryl/α,β-unsaturated/α-hetero) is 1. The monoisotopic (exact) mass is 389 g/mol. The topological polar surface area (TPSA) is 57.6 Å². The maximum absolute atomic E-state index is 13.2. The molecule has 1 aromatic heterocycles. The molecule has 4 nitrogen and oxygen atoms in total. The molecule has 0 radical (unpaired) electrons. The number of ketones is 1. The van der Waals surface area contributed by atoms with E-state index in [1.165, 1.54) is 16.2 Å². The highest BCUT2D eigenvalue weighted by atomic mass is 32.1. The zero-order chi connectivity index (χ0) is 19.8. The molecule has 5 heteroatoms. The Bertz CT molecular complexity index is 1100. The number of anilines is 1. The number of aliphatic hydroxyl groups is 1. The van der Waals surface area contributed by atoms with E-state index in [1.807, 2.05) is 67.8 Å². The van der Waals surface area contributed by atoms with E-state index in [0.29, 0.717) is 10.6 Å². The van der Waals surface area contributed by atoms with Gasteiger partial charge in [0.25, 0.3) is 5.91 Å². The van der Waals surface area contributed by atoms with Crippen LogP contribution in [0.15, 0.2) is 77.4 Å². The third kappa shape index (κ3) is 2.94. The van der Waals surface area contributed by atoms with Gasteiger partial charge in [0.1, 0.15) is 0 Å². The van der Waals surface area contributed by atoms with Crippen molar-refractivity contribution < 1.29 is 14.7 Å². The number of carbonyl (C=O) groups is 2. The van der Waals surface area contributed by atoms with Crippen molar-refractivity contribution in [3.05, 3.63) is 98.9 Å². The quantitative estimate of drug-likeness (QED) is 0.628. The Morgan fingerprint density at radius 3 is 2.50 bits per heavy atom. The maximum atomic E-state index is 13.2. The van der Waals surface area contributed by atoms with Crippen LogP contribution >= 0.6 is 11.3 Å². The summed E-state index contributed by atoms with van der Waals surface area (Å²) in [6.07, 6.45) is 0. The van der Waals surface area contributed by atoms with Gasteiger partial charge in [0, 0.05) is 5.69 Å². The molecule has 0 saturated heterocycles. The first-order chi connectivity index (χ1) is 13.5. The fraction of sp³-hybridized carbons (Fsp3) is 0.130. The van der Waals surface area contributed by atoms with Crippen molar-refractivity contribution in [3.63, 3.8) is 0 Å². The Balaban J connectivity index is 1.92. The van der Waals surface area contributed by atoms with Gasteiger partial charge in [-0.25, -0.2) is 0 Å². The lowest BCUT2D eigenvalue weighted by Gasteiger charge is -2.28. The van der Waals surface area contributed by atoms with Crippen molar-refractivity contribution in [2.75, 3.05) is 4.90 Å². The van der Waals surface area contributed by atoms with Gasteiger partial charge in [-0.15, -0.1) is 11.3 Å². The number of amides is 1. The second-order valence-electron chi connectivity index (χ2n) is 6.84. The summed E-state index contributed by atoms with van der Waals surface area (Å²) < 4.78 is 0. The van der Waals surface area contributed by atoms with Crippen LogP contribution in [0.2, 0.25) is 0 Å². The van der Waals surface area contributed by atoms with E-state index in [0.717, 1.165) is 16.7 Å². The Morgan fingerprint density at radius 1 is 1.04 bits per heavy atom. The predicted octanol–water partition coefficient (Wildman–Crippen LogP) is 5.15. The van der Waals surface area contributed by atoms with Gasteiger partial charge in [0.05, 0.1) is 16.5 Å². The summed E-state index contributed by atoms with van der Waals surface area (Å²) in [5.41, 5.74) is 3.54. The van der Waals surface area contributed by atoms with Crippen molar-refractivity contribution >= 4 is 28.7 Å². The Hall–Kier alpha value is -3.18. The van der Waals surface area contributed by atoms with E-state index in [1.54, 1.807) is 12.1 Å². The van der Waals surface area contributed by atoms with Crippen LogP contribution in [0.3, 0.4) is 0 Å². The predicted molar refractivity (Wildman–Crippen MR) is 111 cm³/mol. The number of thiophene rings is 1. The number of benzene rings is 2. The minimum absolute atomic E-state index is 0.128. The molecule has 1 aliphatic heterocycles. The van der Waals surface area contributed by atoms with Gasteiger partial charge in [-0.1, -0.05) is 42.5 Å². The fourth-order valence-electron chi connectivity index (χ4n) is 3.61. The number of hydrogen-bond donors (Lipinski definition) is 1. The van der Waals surface area contributed by atoms with Crippen LogP contribution in [-0.2, 0) is 4.79 Å². The lowest BCUT2D eigenvalue weighted by atomic mass is 9.92. The third-order valence-corrected chi connectivity index (χ3v) is 5.83. The van der Waals surface area contributed by atoms with Crippen LogP contribution in [0.4, 0.5) is 5.69 Å². The second-order valence-corrected chi connectivity index (χ2v) is 7.79. The maximum Gasteiger partial charge on any atom is 0.294 e. The highest BCUT2D eigenvalue weighted by Gasteiger charge is 2.45. The number of rotatable bonds is 4. The van der Waals surface area contributed by atoms with Gasteiger partial charge in [0.15, 0.2) is 5.76 Å². The minimum atomic E-state index is -0.676. The molecule has 0 fully saturated rings. The molecule has 1 unspecified atom stereocenters. The summed E-state index contributed by atoms with van der Waals surface area (Å²) in [5, 5.41) is 12.5. The highest BCUT2D eigenvalue weighted by molar-refractivity contribution is 7.12. The fourth-order valence-corrected chi connectivity index (χ4v) is 4.29. The Morgan fingerprint density at radius 2 is 1.82 bits per heavy atom. The van der Waals surface area contributed by atoms with E-state index >= 15 is 0 Å². The molecule has 1 N–H and O–H groups in total. The van der Waals surface area contributed by atoms with E-state index in [9.17, 15) is 14.7 Å². The second kappa shape index (κ2) is 7.09. The summed E-state index contributed by atoms with van der Waals surface area (Å²) in [7, 11) is 0. The Kier molecular flexibility index (Phi) is 4.61. The normalized spacial score (nSPS) is 16.7. The zero-order valence-electron chi connectivity index (χ0n) is 15.5.